The number of likely N-dealkylation sites (tertiary alicyclic amines) is 1. The average Bonchev–Trinajstić information content (AvgIpc) is 2.87. The Morgan fingerprint density at radius 1 is 1.38 bits per heavy atom. The predicted octanol–water partition coefficient (Wildman–Crippen LogP) is 1.36. The Morgan fingerprint density at radius 2 is 2.25 bits per heavy atom. The zero-order valence-corrected chi connectivity index (χ0v) is 9.91. The Hall–Kier alpha value is -0.590. The number of rotatable bonds is 3. The molecule has 2 atom stereocenters. The van der Waals surface area contributed by atoms with Crippen LogP contribution in [0.1, 0.15) is 32.1 Å². The maximum atomic E-state index is 8.88. The monoisotopic (exact) mass is 219 g/mol. The van der Waals surface area contributed by atoms with Gasteiger partial charge in [0.2, 0.25) is 0 Å². The quantitative estimate of drug-likeness (QED) is 0.779. The molecule has 0 aromatic carbocycles. The van der Waals surface area contributed by atoms with Gasteiger partial charge in [0.05, 0.1) is 6.07 Å². The van der Waals surface area contributed by atoms with Crippen molar-refractivity contribution in [1.82, 2.24) is 10.2 Å². The van der Waals surface area contributed by atoms with Crippen molar-refractivity contribution in [3.63, 3.8) is 0 Å². The summed E-state index contributed by atoms with van der Waals surface area (Å²) in [6.07, 6.45) is 6.09. The Balaban J connectivity index is 1.64. The van der Waals surface area contributed by atoms with Gasteiger partial charge in [0, 0.05) is 25.6 Å². The molecule has 0 amide bonds. The van der Waals surface area contributed by atoms with E-state index in [2.05, 4.69) is 16.3 Å². The molecular formula is C13H21N3. The third-order valence-electron chi connectivity index (χ3n) is 4.74. The molecule has 1 aliphatic carbocycles. The van der Waals surface area contributed by atoms with E-state index >= 15 is 0 Å². The van der Waals surface area contributed by atoms with Crippen molar-refractivity contribution in [1.29, 1.82) is 5.26 Å². The van der Waals surface area contributed by atoms with Gasteiger partial charge in [-0.05, 0) is 50.1 Å². The van der Waals surface area contributed by atoms with Gasteiger partial charge in [0.25, 0.3) is 0 Å². The van der Waals surface area contributed by atoms with Gasteiger partial charge in [0.1, 0.15) is 0 Å². The highest BCUT2D eigenvalue weighted by Gasteiger charge is 2.46. The van der Waals surface area contributed by atoms with Crippen LogP contribution in [0, 0.1) is 22.7 Å². The van der Waals surface area contributed by atoms with E-state index in [9.17, 15) is 0 Å². The summed E-state index contributed by atoms with van der Waals surface area (Å²) in [7, 11) is 0. The van der Waals surface area contributed by atoms with Crippen LogP contribution < -0.4 is 5.32 Å². The number of nitriles is 1. The molecule has 0 aromatic rings. The fraction of sp³-hybridized carbons (Fsp3) is 0.923. The lowest BCUT2D eigenvalue weighted by Gasteiger charge is -2.38. The number of nitrogens with one attached hydrogen (secondary N) is 1. The number of piperidine rings is 1. The van der Waals surface area contributed by atoms with Crippen LogP contribution in [0.15, 0.2) is 0 Å². The van der Waals surface area contributed by atoms with E-state index in [1.54, 1.807) is 0 Å². The molecule has 3 heteroatoms. The molecule has 3 rings (SSSR count). The molecule has 0 aromatic heterocycles. The second-order valence-electron chi connectivity index (χ2n) is 5.93. The molecule has 3 fully saturated rings. The van der Waals surface area contributed by atoms with Crippen LogP contribution in [0.5, 0.6) is 0 Å². The van der Waals surface area contributed by atoms with E-state index < -0.39 is 0 Å². The highest BCUT2D eigenvalue weighted by Crippen LogP contribution is 2.50. The summed E-state index contributed by atoms with van der Waals surface area (Å²) in [6.45, 7) is 4.83. The molecule has 2 heterocycles. The van der Waals surface area contributed by atoms with Gasteiger partial charge in [-0.3, -0.25) is 4.90 Å². The standard InChI is InChI=1S/C13H21N3/c14-6-5-13(3-4-13)10-16-7-1-2-11-8-15-9-12(11)16/h11-12,15H,1-5,7-10H2. The van der Waals surface area contributed by atoms with Crippen molar-refractivity contribution in [3.8, 4) is 6.07 Å². The summed E-state index contributed by atoms with van der Waals surface area (Å²) in [5.74, 6) is 0.881. The molecule has 2 unspecified atom stereocenters. The van der Waals surface area contributed by atoms with Gasteiger partial charge in [-0.15, -0.1) is 0 Å². The highest BCUT2D eigenvalue weighted by atomic mass is 15.2. The second-order valence-corrected chi connectivity index (χ2v) is 5.93. The normalized spacial score (nSPS) is 36.7. The van der Waals surface area contributed by atoms with Crippen LogP contribution in [0.3, 0.4) is 0 Å². The Bertz CT molecular complexity index is 303. The van der Waals surface area contributed by atoms with Gasteiger partial charge in [-0.25, -0.2) is 0 Å². The van der Waals surface area contributed by atoms with Crippen LogP contribution in [-0.2, 0) is 0 Å². The predicted molar refractivity (Wildman–Crippen MR) is 62.9 cm³/mol. The van der Waals surface area contributed by atoms with E-state index in [-0.39, 0.29) is 0 Å². The zero-order valence-electron chi connectivity index (χ0n) is 9.91. The van der Waals surface area contributed by atoms with Gasteiger partial charge in [0.15, 0.2) is 0 Å². The van der Waals surface area contributed by atoms with Crippen LogP contribution in [0.4, 0.5) is 0 Å². The number of hydrogen-bond donors (Lipinski definition) is 1. The van der Waals surface area contributed by atoms with E-state index in [0.717, 1.165) is 18.4 Å². The Kier molecular flexibility index (Phi) is 2.65. The summed E-state index contributed by atoms with van der Waals surface area (Å²) in [5, 5.41) is 12.4. The average molecular weight is 219 g/mol. The third kappa shape index (κ3) is 1.85. The SMILES string of the molecule is N#CCC1(CN2CCCC3CNCC32)CC1. The number of fused-ring (bicyclic) bond motifs is 1. The molecular weight excluding hydrogens is 198 g/mol. The first kappa shape index (κ1) is 10.6. The summed E-state index contributed by atoms with van der Waals surface area (Å²) >= 11 is 0. The first-order chi connectivity index (χ1) is 7.83. The summed E-state index contributed by atoms with van der Waals surface area (Å²) < 4.78 is 0. The van der Waals surface area contributed by atoms with Crippen molar-refractivity contribution in [3.05, 3.63) is 0 Å². The van der Waals surface area contributed by atoms with Gasteiger partial charge >= 0.3 is 0 Å². The number of hydrogen-bond acceptors (Lipinski definition) is 3. The highest BCUT2D eigenvalue weighted by molar-refractivity contribution is 5.03. The lowest BCUT2D eigenvalue weighted by molar-refractivity contribution is 0.100. The molecule has 0 radical (unpaired) electrons. The Morgan fingerprint density at radius 3 is 3.00 bits per heavy atom. The van der Waals surface area contributed by atoms with Crippen LogP contribution in [0.2, 0.25) is 0 Å². The van der Waals surface area contributed by atoms with Crippen molar-refractivity contribution in [2.24, 2.45) is 11.3 Å². The summed E-state index contributed by atoms with van der Waals surface area (Å²) in [4.78, 5) is 2.68. The van der Waals surface area contributed by atoms with E-state index in [1.807, 2.05) is 0 Å². The van der Waals surface area contributed by atoms with Gasteiger partial charge < -0.3 is 5.32 Å². The summed E-state index contributed by atoms with van der Waals surface area (Å²) in [5.41, 5.74) is 0.388. The van der Waals surface area contributed by atoms with Crippen LogP contribution in [0.25, 0.3) is 0 Å². The minimum atomic E-state index is 0.388. The minimum absolute atomic E-state index is 0.388. The van der Waals surface area contributed by atoms with Crippen molar-refractivity contribution in [2.75, 3.05) is 26.2 Å². The van der Waals surface area contributed by atoms with Crippen molar-refractivity contribution in [2.45, 2.75) is 38.1 Å². The summed E-state index contributed by atoms with van der Waals surface area (Å²) in [6, 6.07) is 3.15. The van der Waals surface area contributed by atoms with Crippen molar-refractivity contribution >= 4 is 0 Å². The van der Waals surface area contributed by atoms with Gasteiger partial charge in [-0.2, -0.15) is 5.26 Å². The second kappa shape index (κ2) is 4.01. The molecule has 16 heavy (non-hydrogen) atoms. The Labute approximate surface area is 97.8 Å². The first-order valence-corrected chi connectivity index (χ1v) is 6.65. The molecule has 0 spiro atoms. The van der Waals surface area contributed by atoms with Crippen LogP contribution in [-0.4, -0.2) is 37.1 Å². The fourth-order valence-electron chi connectivity index (χ4n) is 3.53. The molecule has 0 bridgehead atoms. The lowest BCUT2D eigenvalue weighted by Crippen LogP contribution is -2.47. The van der Waals surface area contributed by atoms with E-state index in [4.69, 9.17) is 5.26 Å². The topological polar surface area (TPSA) is 39.1 Å². The molecule has 3 aliphatic rings. The number of nitrogens with zero attached hydrogens (tertiary/aromatic N) is 2. The van der Waals surface area contributed by atoms with Crippen molar-refractivity contribution < 1.29 is 0 Å². The molecule has 2 saturated heterocycles. The molecule has 1 N–H and O–H groups in total. The smallest absolute Gasteiger partial charge is 0.0628 e. The molecule has 2 aliphatic heterocycles. The third-order valence-corrected chi connectivity index (χ3v) is 4.74. The molecule has 3 nitrogen and oxygen atoms in total. The molecule has 88 valence electrons. The largest absolute Gasteiger partial charge is 0.315 e. The lowest BCUT2D eigenvalue weighted by atomic mass is 9.90. The maximum Gasteiger partial charge on any atom is 0.0628 e. The molecule has 1 saturated carbocycles. The van der Waals surface area contributed by atoms with Crippen LogP contribution >= 0.6 is 0 Å². The van der Waals surface area contributed by atoms with E-state index in [1.165, 1.54) is 51.9 Å². The van der Waals surface area contributed by atoms with Gasteiger partial charge in [-0.1, -0.05) is 0 Å². The first-order valence-electron chi connectivity index (χ1n) is 6.65. The zero-order chi connectivity index (χ0) is 11.0. The van der Waals surface area contributed by atoms with E-state index in [0.29, 0.717) is 5.41 Å². The fourth-order valence-corrected chi connectivity index (χ4v) is 3.53. The maximum absolute atomic E-state index is 8.88. The minimum Gasteiger partial charge on any atom is -0.315 e.